The standard InChI is InChI=1S/C22H25ClF3N3O6S/c1-21(32,22(24,25)26)20(31)28-15-9-10-16(18(17(15)23)27-11-12-35-4)36(33,34)14-7-5-13(6-8-14)19(30)29(2)3/h5-10,27,32H,11-12H2,1-4H3,(H,28,31)/t21-/m1/s1. The number of amides is 2. The molecular weight excluding hydrogens is 527 g/mol. The molecule has 0 aliphatic rings. The van der Waals surface area contributed by atoms with Gasteiger partial charge in [0.25, 0.3) is 11.8 Å². The van der Waals surface area contributed by atoms with Crippen molar-refractivity contribution < 1.29 is 41.0 Å². The predicted octanol–water partition coefficient (Wildman–Crippen LogP) is 3.18. The van der Waals surface area contributed by atoms with Crippen molar-refractivity contribution in [1.82, 2.24) is 4.90 Å². The number of aliphatic hydroxyl groups is 1. The molecule has 0 radical (unpaired) electrons. The van der Waals surface area contributed by atoms with Crippen LogP contribution in [0.15, 0.2) is 46.2 Å². The number of nitrogens with zero attached hydrogens (tertiary/aromatic N) is 1. The van der Waals surface area contributed by atoms with Crippen molar-refractivity contribution in [2.45, 2.75) is 28.5 Å². The molecule has 0 saturated heterocycles. The van der Waals surface area contributed by atoms with E-state index < -0.39 is 32.5 Å². The van der Waals surface area contributed by atoms with E-state index in [1.165, 1.54) is 36.3 Å². The van der Waals surface area contributed by atoms with E-state index in [1.54, 1.807) is 14.1 Å². The minimum atomic E-state index is -5.27. The van der Waals surface area contributed by atoms with Gasteiger partial charge < -0.3 is 25.4 Å². The minimum Gasteiger partial charge on any atom is -0.383 e. The third-order valence-corrected chi connectivity index (χ3v) is 7.27. The van der Waals surface area contributed by atoms with E-state index >= 15 is 0 Å². The van der Waals surface area contributed by atoms with Gasteiger partial charge in [-0.1, -0.05) is 11.6 Å². The number of ether oxygens (including phenoxy) is 1. The Bertz CT molecular complexity index is 1230. The maximum atomic E-state index is 13.4. The molecule has 0 aromatic heterocycles. The summed E-state index contributed by atoms with van der Waals surface area (Å²) >= 11 is 6.30. The highest BCUT2D eigenvalue weighted by Crippen LogP contribution is 2.39. The summed E-state index contributed by atoms with van der Waals surface area (Å²) < 4.78 is 70.8. The molecule has 0 aliphatic carbocycles. The molecule has 3 N–H and O–H groups in total. The summed E-state index contributed by atoms with van der Waals surface area (Å²) in [5.74, 6) is -2.14. The van der Waals surface area contributed by atoms with E-state index in [0.717, 1.165) is 12.1 Å². The zero-order valence-electron chi connectivity index (χ0n) is 19.7. The number of methoxy groups -OCH3 is 1. The first-order valence-corrected chi connectivity index (χ1v) is 12.1. The van der Waals surface area contributed by atoms with Gasteiger partial charge >= 0.3 is 6.18 Å². The van der Waals surface area contributed by atoms with Crippen molar-refractivity contribution in [3.8, 4) is 0 Å². The van der Waals surface area contributed by atoms with Gasteiger partial charge in [0, 0.05) is 33.3 Å². The summed E-state index contributed by atoms with van der Waals surface area (Å²) in [5.41, 5.74) is -4.04. The molecule has 0 bridgehead atoms. The van der Waals surface area contributed by atoms with Crippen LogP contribution in [0.2, 0.25) is 5.02 Å². The molecule has 0 spiro atoms. The number of carbonyl (C=O) groups is 2. The Morgan fingerprint density at radius 1 is 1.11 bits per heavy atom. The smallest absolute Gasteiger partial charge is 0.383 e. The largest absolute Gasteiger partial charge is 0.426 e. The molecule has 0 fully saturated rings. The average molecular weight is 552 g/mol. The molecule has 0 aliphatic heterocycles. The fraction of sp³-hybridized carbons (Fsp3) is 0.364. The molecule has 0 heterocycles. The Morgan fingerprint density at radius 2 is 1.69 bits per heavy atom. The van der Waals surface area contributed by atoms with Gasteiger partial charge in [-0.25, -0.2) is 8.42 Å². The summed E-state index contributed by atoms with van der Waals surface area (Å²) in [6, 6.07) is 7.19. The second kappa shape index (κ2) is 11.0. The summed E-state index contributed by atoms with van der Waals surface area (Å²) in [7, 11) is 0.239. The van der Waals surface area contributed by atoms with Crippen molar-refractivity contribution in [2.24, 2.45) is 0 Å². The van der Waals surface area contributed by atoms with Gasteiger partial charge in [-0.2, -0.15) is 13.2 Å². The zero-order chi connectivity index (χ0) is 27.5. The molecule has 198 valence electrons. The Labute approximate surface area is 211 Å². The average Bonchev–Trinajstić information content (AvgIpc) is 2.80. The maximum absolute atomic E-state index is 13.4. The third kappa shape index (κ3) is 6.09. The molecule has 0 saturated carbocycles. The lowest BCUT2D eigenvalue weighted by atomic mass is 10.1. The number of hydrogen-bond donors (Lipinski definition) is 3. The van der Waals surface area contributed by atoms with Gasteiger partial charge in [-0.15, -0.1) is 0 Å². The van der Waals surface area contributed by atoms with Crippen LogP contribution in [0.3, 0.4) is 0 Å². The van der Waals surface area contributed by atoms with Crippen molar-refractivity contribution in [3.63, 3.8) is 0 Å². The zero-order valence-corrected chi connectivity index (χ0v) is 21.3. The van der Waals surface area contributed by atoms with Gasteiger partial charge in [0.2, 0.25) is 15.4 Å². The fourth-order valence-corrected chi connectivity index (χ4v) is 4.63. The number of halogens is 4. The first kappa shape index (κ1) is 29.4. The van der Waals surface area contributed by atoms with Gasteiger partial charge in [0.05, 0.1) is 32.8 Å². The van der Waals surface area contributed by atoms with E-state index in [-0.39, 0.29) is 52.7 Å². The molecule has 0 unspecified atom stereocenters. The number of carbonyl (C=O) groups excluding carboxylic acids is 2. The lowest BCUT2D eigenvalue weighted by molar-refractivity contribution is -0.242. The molecule has 36 heavy (non-hydrogen) atoms. The summed E-state index contributed by atoms with van der Waals surface area (Å²) in [6.07, 6.45) is -5.27. The Balaban J connectivity index is 2.54. The number of alkyl halides is 3. The highest BCUT2D eigenvalue weighted by atomic mass is 35.5. The first-order valence-electron chi connectivity index (χ1n) is 10.3. The summed E-state index contributed by atoms with van der Waals surface area (Å²) in [5, 5.41) is 13.8. The van der Waals surface area contributed by atoms with Crippen LogP contribution in [0, 0.1) is 0 Å². The number of sulfone groups is 1. The van der Waals surface area contributed by atoms with Crippen LogP contribution in [0.5, 0.6) is 0 Å². The van der Waals surface area contributed by atoms with Crippen LogP contribution >= 0.6 is 11.6 Å². The molecule has 2 amide bonds. The van der Waals surface area contributed by atoms with E-state index in [0.29, 0.717) is 0 Å². The number of hydrogen-bond acceptors (Lipinski definition) is 7. The van der Waals surface area contributed by atoms with Crippen molar-refractivity contribution in [3.05, 3.63) is 47.0 Å². The molecule has 14 heteroatoms. The monoisotopic (exact) mass is 551 g/mol. The summed E-state index contributed by atoms with van der Waals surface area (Å²) in [6.45, 7) is 0.459. The highest BCUT2D eigenvalue weighted by molar-refractivity contribution is 7.91. The van der Waals surface area contributed by atoms with Gasteiger partial charge in [0.1, 0.15) is 0 Å². The van der Waals surface area contributed by atoms with Crippen molar-refractivity contribution >= 4 is 44.6 Å². The van der Waals surface area contributed by atoms with Gasteiger partial charge in [-0.05, 0) is 43.3 Å². The van der Waals surface area contributed by atoms with E-state index in [9.17, 15) is 36.3 Å². The number of nitrogens with one attached hydrogen (secondary N) is 2. The third-order valence-electron chi connectivity index (χ3n) is 5.06. The molecule has 2 rings (SSSR count). The highest BCUT2D eigenvalue weighted by Gasteiger charge is 2.55. The van der Waals surface area contributed by atoms with Crippen LogP contribution in [0.1, 0.15) is 17.3 Å². The Kier molecular flexibility index (Phi) is 9.00. The molecule has 9 nitrogen and oxygen atoms in total. The maximum Gasteiger partial charge on any atom is 0.426 e. The first-order chi connectivity index (χ1) is 16.6. The fourth-order valence-electron chi connectivity index (χ4n) is 2.86. The topological polar surface area (TPSA) is 125 Å². The quantitative estimate of drug-likeness (QED) is 0.409. The van der Waals surface area contributed by atoms with Crippen LogP contribution in [-0.2, 0) is 19.4 Å². The lowest BCUT2D eigenvalue weighted by Gasteiger charge is -2.25. The van der Waals surface area contributed by atoms with Crippen LogP contribution < -0.4 is 10.6 Å². The van der Waals surface area contributed by atoms with Crippen LogP contribution in [0.25, 0.3) is 0 Å². The summed E-state index contributed by atoms with van der Waals surface area (Å²) in [4.78, 5) is 25.0. The van der Waals surface area contributed by atoms with E-state index in [4.69, 9.17) is 16.3 Å². The molecule has 1 atom stereocenters. The lowest BCUT2D eigenvalue weighted by Crippen LogP contribution is -2.52. The van der Waals surface area contributed by atoms with E-state index in [1.807, 2.05) is 5.32 Å². The second-order valence-electron chi connectivity index (χ2n) is 7.97. The predicted molar refractivity (Wildman–Crippen MR) is 127 cm³/mol. The number of rotatable bonds is 9. The van der Waals surface area contributed by atoms with Crippen molar-refractivity contribution in [1.29, 1.82) is 0 Å². The van der Waals surface area contributed by atoms with Gasteiger partial charge in [-0.3, -0.25) is 9.59 Å². The minimum absolute atomic E-state index is 0.0622. The second-order valence-corrected chi connectivity index (χ2v) is 10.3. The Morgan fingerprint density at radius 3 is 2.19 bits per heavy atom. The Hall–Kier alpha value is -2.87. The van der Waals surface area contributed by atoms with Crippen LogP contribution in [0.4, 0.5) is 24.5 Å². The SMILES string of the molecule is COCCNc1c(S(=O)(=O)c2ccc(C(=O)N(C)C)cc2)ccc(NC(=O)[C@@](C)(O)C(F)(F)F)c1Cl. The van der Waals surface area contributed by atoms with Crippen LogP contribution in [-0.4, -0.2) is 76.4 Å². The number of benzene rings is 2. The van der Waals surface area contributed by atoms with Crippen molar-refractivity contribution in [2.75, 3.05) is 45.0 Å². The molecule has 2 aromatic carbocycles. The van der Waals surface area contributed by atoms with E-state index in [2.05, 4.69) is 5.32 Å². The normalized spacial score (nSPS) is 13.6. The molecule has 2 aromatic rings. The van der Waals surface area contributed by atoms with Gasteiger partial charge in [0.15, 0.2) is 0 Å². The number of anilines is 2. The molecular formula is C22H25ClF3N3O6S.